The van der Waals surface area contributed by atoms with E-state index in [1.54, 1.807) is 17.1 Å². The fraction of sp³-hybridized carbons (Fsp3) is 0. The zero-order valence-electron chi connectivity index (χ0n) is 5.81. The van der Waals surface area contributed by atoms with Crippen LogP contribution >= 0.6 is 0 Å². The van der Waals surface area contributed by atoms with Crippen molar-refractivity contribution < 1.29 is 0 Å². The Hall–Kier alpha value is -1.64. The van der Waals surface area contributed by atoms with E-state index in [1.807, 2.05) is 24.3 Å². The van der Waals surface area contributed by atoms with Gasteiger partial charge in [0.2, 0.25) is 0 Å². The molecule has 0 atom stereocenters. The third kappa shape index (κ3) is 1.12. The van der Waals surface area contributed by atoms with Gasteiger partial charge in [-0.2, -0.15) is 0 Å². The van der Waals surface area contributed by atoms with Gasteiger partial charge < -0.3 is 0 Å². The molecule has 1 aromatic heterocycles. The molecule has 11 heavy (non-hydrogen) atoms. The van der Waals surface area contributed by atoms with Crippen LogP contribution in [-0.2, 0) is 0 Å². The van der Waals surface area contributed by atoms with E-state index < -0.39 is 0 Å². The highest BCUT2D eigenvalue weighted by molar-refractivity contribution is 5.27. The molecule has 0 saturated carbocycles. The van der Waals surface area contributed by atoms with E-state index >= 15 is 0 Å². The second-order valence-corrected chi connectivity index (χ2v) is 2.10. The third-order valence-corrected chi connectivity index (χ3v) is 1.36. The number of hydrogen-bond donors (Lipinski definition) is 0. The summed E-state index contributed by atoms with van der Waals surface area (Å²) in [5.74, 6) is 0. The highest BCUT2D eigenvalue weighted by Gasteiger charge is 1.92. The third-order valence-electron chi connectivity index (χ3n) is 1.36. The lowest BCUT2D eigenvalue weighted by Gasteiger charge is -1.95. The van der Waals surface area contributed by atoms with Gasteiger partial charge in [-0.3, -0.25) is 0 Å². The Labute approximate surface area is 64.3 Å². The van der Waals surface area contributed by atoms with Gasteiger partial charge in [0, 0.05) is 6.07 Å². The first-order chi connectivity index (χ1) is 5.47. The van der Waals surface area contributed by atoms with Gasteiger partial charge in [0.15, 0.2) is 0 Å². The molecule has 1 heterocycles. The van der Waals surface area contributed by atoms with Gasteiger partial charge in [0.1, 0.15) is 0 Å². The maximum Gasteiger partial charge on any atom is 0.0742 e. The van der Waals surface area contributed by atoms with Crippen molar-refractivity contribution in [1.82, 2.24) is 15.0 Å². The van der Waals surface area contributed by atoms with Crippen LogP contribution in [0.5, 0.6) is 0 Å². The van der Waals surface area contributed by atoms with Gasteiger partial charge in [0.05, 0.1) is 18.1 Å². The van der Waals surface area contributed by atoms with Crippen molar-refractivity contribution in [1.29, 1.82) is 0 Å². The Morgan fingerprint density at radius 2 is 2.36 bits per heavy atom. The van der Waals surface area contributed by atoms with Crippen LogP contribution < -0.4 is 0 Å². The molecule has 0 fully saturated rings. The van der Waals surface area contributed by atoms with Crippen LogP contribution in [0.4, 0.5) is 0 Å². The van der Waals surface area contributed by atoms with Crippen LogP contribution in [-0.4, -0.2) is 15.0 Å². The van der Waals surface area contributed by atoms with E-state index in [9.17, 15) is 0 Å². The summed E-state index contributed by atoms with van der Waals surface area (Å²) in [5.41, 5.74) is 0.907. The number of hydrogen-bond acceptors (Lipinski definition) is 2. The van der Waals surface area contributed by atoms with Crippen LogP contribution in [0.15, 0.2) is 36.7 Å². The summed E-state index contributed by atoms with van der Waals surface area (Å²) < 4.78 is 1.67. The molecule has 0 bridgehead atoms. The number of benzene rings is 1. The van der Waals surface area contributed by atoms with Crippen molar-refractivity contribution in [2.24, 2.45) is 0 Å². The van der Waals surface area contributed by atoms with Crippen LogP contribution in [0.3, 0.4) is 0 Å². The average Bonchev–Trinajstić information content (AvgIpc) is 2.58. The first-order valence-corrected chi connectivity index (χ1v) is 3.30. The van der Waals surface area contributed by atoms with Crippen LogP contribution in [0.25, 0.3) is 5.69 Å². The Kier molecular flexibility index (Phi) is 1.41. The molecular weight excluding hydrogens is 138 g/mol. The maximum atomic E-state index is 3.82. The molecule has 0 spiro atoms. The van der Waals surface area contributed by atoms with Crippen molar-refractivity contribution in [3.8, 4) is 5.69 Å². The molecule has 3 heteroatoms. The standard InChI is InChI=1S/C8H6N3/c1-2-4-8(5-3-1)11-7-6-9-10-11/h1-4,6-7H. The summed E-state index contributed by atoms with van der Waals surface area (Å²) in [5, 5.41) is 7.51. The summed E-state index contributed by atoms with van der Waals surface area (Å²) in [6.45, 7) is 0. The minimum atomic E-state index is 0.907. The SMILES string of the molecule is [c]1ccccc1-n1ccnn1. The topological polar surface area (TPSA) is 30.7 Å². The van der Waals surface area contributed by atoms with E-state index in [-0.39, 0.29) is 0 Å². The number of aromatic nitrogens is 3. The Morgan fingerprint density at radius 3 is 3.00 bits per heavy atom. The van der Waals surface area contributed by atoms with Crippen molar-refractivity contribution in [3.05, 3.63) is 42.7 Å². The van der Waals surface area contributed by atoms with Crippen molar-refractivity contribution in [2.75, 3.05) is 0 Å². The summed E-state index contributed by atoms with van der Waals surface area (Å²) in [6.07, 6.45) is 3.42. The predicted octanol–water partition coefficient (Wildman–Crippen LogP) is 1.07. The monoisotopic (exact) mass is 144 g/mol. The van der Waals surface area contributed by atoms with Gasteiger partial charge >= 0.3 is 0 Å². The predicted molar refractivity (Wildman–Crippen MR) is 40.2 cm³/mol. The maximum absolute atomic E-state index is 3.82. The molecule has 0 aliphatic heterocycles. The number of para-hydroxylation sites is 1. The molecule has 53 valence electrons. The lowest BCUT2D eigenvalue weighted by atomic mass is 10.3. The minimum Gasteiger partial charge on any atom is -0.220 e. The van der Waals surface area contributed by atoms with E-state index in [2.05, 4.69) is 16.4 Å². The normalized spacial score (nSPS) is 9.82. The lowest BCUT2D eigenvalue weighted by Crippen LogP contribution is -1.93. The number of nitrogens with zero attached hydrogens (tertiary/aromatic N) is 3. The lowest BCUT2D eigenvalue weighted by molar-refractivity contribution is 0.802. The van der Waals surface area contributed by atoms with E-state index in [0.717, 1.165) is 5.69 Å². The van der Waals surface area contributed by atoms with Crippen LogP contribution in [0, 0.1) is 6.07 Å². The van der Waals surface area contributed by atoms with Gasteiger partial charge in [-0.05, 0) is 6.07 Å². The minimum absolute atomic E-state index is 0.907. The molecule has 0 N–H and O–H groups in total. The van der Waals surface area contributed by atoms with Crippen molar-refractivity contribution in [3.63, 3.8) is 0 Å². The molecule has 2 aromatic rings. The highest BCUT2D eigenvalue weighted by Crippen LogP contribution is 2.01. The van der Waals surface area contributed by atoms with Crippen molar-refractivity contribution >= 4 is 0 Å². The zero-order chi connectivity index (χ0) is 7.52. The smallest absolute Gasteiger partial charge is 0.0742 e. The second-order valence-electron chi connectivity index (χ2n) is 2.10. The van der Waals surface area contributed by atoms with Gasteiger partial charge in [-0.15, -0.1) is 5.10 Å². The molecule has 1 aromatic carbocycles. The van der Waals surface area contributed by atoms with E-state index in [0.29, 0.717) is 0 Å². The first-order valence-electron chi connectivity index (χ1n) is 3.30. The van der Waals surface area contributed by atoms with E-state index in [1.165, 1.54) is 0 Å². The Bertz CT molecular complexity index is 312. The summed E-state index contributed by atoms with van der Waals surface area (Å²) >= 11 is 0. The highest BCUT2D eigenvalue weighted by atomic mass is 15.4. The molecule has 0 unspecified atom stereocenters. The second kappa shape index (κ2) is 2.54. The van der Waals surface area contributed by atoms with Gasteiger partial charge in [-0.1, -0.05) is 23.4 Å². The molecule has 0 aliphatic rings. The van der Waals surface area contributed by atoms with Gasteiger partial charge in [0.25, 0.3) is 0 Å². The largest absolute Gasteiger partial charge is 0.220 e. The quantitative estimate of drug-likeness (QED) is 0.599. The fourth-order valence-corrected chi connectivity index (χ4v) is 0.863. The average molecular weight is 144 g/mol. The number of rotatable bonds is 1. The first kappa shape index (κ1) is 6.09. The summed E-state index contributed by atoms with van der Waals surface area (Å²) in [7, 11) is 0. The molecule has 2 rings (SSSR count). The molecule has 0 aliphatic carbocycles. The summed E-state index contributed by atoms with van der Waals surface area (Å²) in [4.78, 5) is 0. The molecule has 0 saturated heterocycles. The Balaban J connectivity index is 2.46. The van der Waals surface area contributed by atoms with Crippen LogP contribution in [0.2, 0.25) is 0 Å². The van der Waals surface area contributed by atoms with E-state index in [4.69, 9.17) is 0 Å². The zero-order valence-corrected chi connectivity index (χ0v) is 5.81. The molecule has 1 radical (unpaired) electrons. The van der Waals surface area contributed by atoms with Crippen molar-refractivity contribution in [2.45, 2.75) is 0 Å². The fourth-order valence-electron chi connectivity index (χ4n) is 0.863. The van der Waals surface area contributed by atoms with Crippen LogP contribution in [0.1, 0.15) is 0 Å². The Morgan fingerprint density at radius 1 is 1.36 bits per heavy atom. The molecular formula is C8H6N3. The molecule has 0 amide bonds. The van der Waals surface area contributed by atoms with Gasteiger partial charge in [-0.25, -0.2) is 4.68 Å². The molecule has 3 nitrogen and oxygen atoms in total. The summed E-state index contributed by atoms with van der Waals surface area (Å²) in [6, 6.07) is 10.7.